The molecule has 3 aromatic rings. The van der Waals surface area contributed by atoms with Gasteiger partial charge < -0.3 is 0 Å². The van der Waals surface area contributed by atoms with Crippen LogP contribution in [0, 0.1) is 17.1 Å². The van der Waals surface area contributed by atoms with Crippen molar-refractivity contribution >= 4 is 23.0 Å². The molecule has 0 saturated carbocycles. The van der Waals surface area contributed by atoms with Crippen LogP contribution in [-0.2, 0) is 0 Å². The van der Waals surface area contributed by atoms with Crippen LogP contribution in [0.3, 0.4) is 0 Å². The molecule has 0 aliphatic heterocycles. The Hall–Kier alpha value is -2.71. The van der Waals surface area contributed by atoms with E-state index < -0.39 is 0 Å². The average Bonchev–Trinajstić information content (AvgIpc) is 3.17. The van der Waals surface area contributed by atoms with Crippen LogP contribution < -0.4 is 0 Å². The topological polar surface area (TPSA) is 52.5 Å². The molecule has 5 heteroatoms. The van der Waals surface area contributed by atoms with E-state index in [0.29, 0.717) is 17.0 Å². The summed E-state index contributed by atoms with van der Waals surface area (Å²) in [6.45, 7) is 0. The summed E-state index contributed by atoms with van der Waals surface area (Å²) in [6.07, 6.45) is 1.81. The van der Waals surface area contributed by atoms with Crippen LogP contribution in [0.2, 0.25) is 0 Å². The summed E-state index contributed by atoms with van der Waals surface area (Å²) in [5, 5.41) is 18.3. The van der Waals surface area contributed by atoms with Crippen LogP contribution in [0.15, 0.2) is 47.8 Å². The molecule has 1 N–H and O–H groups in total. The van der Waals surface area contributed by atoms with Gasteiger partial charge in [0.2, 0.25) is 0 Å². The van der Waals surface area contributed by atoms with Gasteiger partial charge in [-0.3, -0.25) is 5.10 Å². The highest BCUT2D eigenvalue weighted by Crippen LogP contribution is 2.23. The molecule has 2 heterocycles. The van der Waals surface area contributed by atoms with Crippen molar-refractivity contribution in [3.63, 3.8) is 0 Å². The minimum Gasteiger partial charge on any atom is -0.276 e. The summed E-state index contributed by atoms with van der Waals surface area (Å²) in [5.74, 6) is -0.287. The maximum absolute atomic E-state index is 12.9. The maximum Gasteiger partial charge on any atom is 0.123 e. The van der Waals surface area contributed by atoms with Crippen molar-refractivity contribution in [1.29, 1.82) is 5.26 Å². The van der Waals surface area contributed by atoms with Crippen molar-refractivity contribution in [3.05, 3.63) is 64.2 Å². The Morgan fingerprint density at radius 3 is 2.76 bits per heavy atom. The van der Waals surface area contributed by atoms with Crippen molar-refractivity contribution in [2.45, 2.75) is 0 Å². The third-order valence-corrected chi connectivity index (χ3v) is 3.78. The monoisotopic (exact) mass is 295 g/mol. The lowest BCUT2D eigenvalue weighted by Gasteiger charge is -1.94. The Bertz CT molecular complexity index is 808. The first-order chi connectivity index (χ1) is 10.3. The highest BCUT2D eigenvalue weighted by atomic mass is 32.1. The number of nitriles is 1. The van der Waals surface area contributed by atoms with Gasteiger partial charge in [-0.1, -0.05) is 6.07 Å². The summed E-state index contributed by atoms with van der Waals surface area (Å²) >= 11 is 1.56. The van der Waals surface area contributed by atoms with E-state index in [9.17, 15) is 9.65 Å². The number of nitrogens with zero attached hydrogens (tertiary/aromatic N) is 2. The zero-order valence-corrected chi connectivity index (χ0v) is 11.7. The fourth-order valence-electron chi connectivity index (χ4n) is 1.91. The molecule has 0 amide bonds. The summed E-state index contributed by atoms with van der Waals surface area (Å²) in [5.41, 5.74) is 2.63. The Labute approximate surface area is 125 Å². The van der Waals surface area contributed by atoms with Gasteiger partial charge in [0.15, 0.2) is 0 Å². The van der Waals surface area contributed by atoms with E-state index >= 15 is 0 Å². The number of allylic oxidation sites excluding steroid dienone is 1. The molecule has 21 heavy (non-hydrogen) atoms. The van der Waals surface area contributed by atoms with Crippen molar-refractivity contribution in [2.75, 3.05) is 0 Å². The molecule has 0 unspecified atom stereocenters. The normalized spacial score (nSPS) is 11.3. The van der Waals surface area contributed by atoms with Crippen molar-refractivity contribution in [2.24, 2.45) is 0 Å². The third-order valence-electron chi connectivity index (χ3n) is 2.96. The van der Waals surface area contributed by atoms with Gasteiger partial charge in [0.1, 0.15) is 11.9 Å². The third kappa shape index (κ3) is 2.91. The maximum atomic E-state index is 12.9. The molecule has 3 nitrogen and oxygen atoms in total. The first-order valence-electron chi connectivity index (χ1n) is 6.23. The van der Waals surface area contributed by atoms with Crippen molar-refractivity contribution in [1.82, 2.24) is 10.2 Å². The van der Waals surface area contributed by atoms with E-state index in [-0.39, 0.29) is 5.82 Å². The molecule has 0 fully saturated rings. The molecular formula is C16H10FN3S. The lowest BCUT2D eigenvalue weighted by atomic mass is 10.1. The lowest BCUT2D eigenvalue weighted by Crippen LogP contribution is -1.80. The zero-order chi connectivity index (χ0) is 14.7. The largest absolute Gasteiger partial charge is 0.276 e. The summed E-state index contributed by atoms with van der Waals surface area (Å²) in [6, 6.07) is 13.9. The standard InChI is InChI=1S/C16H10FN3S/c17-13-5-3-11(4-6-13)15-9-16(20-19-15)12(10-18)8-14-2-1-7-21-14/h1-9H,(H,19,20). The summed E-state index contributed by atoms with van der Waals surface area (Å²) in [4.78, 5) is 1.00. The molecule has 1 aromatic carbocycles. The SMILES string of the molecule is N#CC(=Cc1cccs1)c1cc(-c2ccc(F)cc2)n[nH]1. The molecule has 0 aliphatic carbocycles. The van der Waals surface area contributed by atoms with Gasteiger partial charge in [-0.05, 0) is 47.9 Å². The first kappa shape index (κ1) is 13.3. The van der Waals surface area contributed by atoms with E-state index in [1.807, 2.05) is 23.6 Å². The van der Waals surface area contributed by atoms with Crippen LogP contribution in [0.1, 0.15) is 10.6 Å². The quantitative estimate of drug-likeness (QED) is 0.731. The number of hydrogen-bond donors (Lipinski definition) is 1. The number of H-pyrrole nitrogens is 1. The molecule has 0 atom stereocenters. The summed E-state index contributed by atoms with van der Waals surface area (Å²) < 4.78 is 12.9. The van der Waals surface area contributed by atoms with Gasteiger partial charge in [0, 0.05) is 10.4 Å². The van der Waals surface area contributed by atoms with Gasteiger partial charge in [-0.15, -0.1) is 11.3 Å². The number of benzene rings is 1. The molecule has 3 rings (SSSR count). The predicted molar refractivity (Wildman–Crippen MR) is 81.8 cm³/mol. The molecule has 0 aliphatic rings. The van der Waals surface area contributed by atoms with Crippen LogP contribution in [0.4, 0.5) is 4.39 Å². The number of halogens is 1. The number of rotatable bonds is 3. The fourth-order valence-corrected chi connectivity index (χ4v) is 2.57. The first-order valence-corrected chi connectivity index (χ1v) is 7.11. The van der Waals surface area contributed by atoms with Gasteiger partial charge in [0.05, 0.1) is 17.0 Å². The van der Waals surface area contributed by atoms with Gasteiger partial charge >= 0.3 is 0 Å². The van der Waals surface area contributed by atoms with Crippen molar-refractivity contribution in [3.8, 4) is 17.3 Å². The van der Waals surface area contributed by atoms with Crippen LogP contribution in [-0.4, -0.2) is 10.2 Å². The number of hydrogen-bond acceptors (Lipinski definition) is 3. The molecule has 102 valence electrons. The molecule has 2 aromatic heterocycles. The second-order valence-corrected chi connectivity index (χ2v) is 5.34. The van der Waals surface area contributed by atoms with E-state index in [0.717, 1.165) is 10.4 Å². The number of aromatic nitrogens is 2. The zero-order valence-electron chi connectivity index (χ0n) is 10.9. The summed E-state index contributed by atoms with van der Waals surface area (Å²) in [7, 11) is 0. The van der Waals surface area contributed by atoms with Gasteiger partial charge in [-0.2, -0.15) is 10.4 Å². The molecular weight excluding hydrogens is 285 g/mol. The molecule has 0 radical (unpaired) electrons. The smallest absolute Gasteiger partial charge is 0.123 e. The minimum absolute atomic E-state index is 0.287. The fraction of sp³-hybridized carbons (Fsp3) is 0. The number of nitrogens with one attached hydrogen (secondary N) is 1. The highest BCUT2D eigenvalue weighted by molar-refractivity contribution is 7.10. The van der Waals surface area contributed by atoms with E-state index in [4.69, 9.17) is 0 Å². The van der Waals surface area contributed by atoms with E-state index in [1.165, 1.54) is 12.1 Å². The van der Waals surface area contributed by atoms with Crippen molar-refractivity contribution < 1.29 is 4.39 Å². The molecule has 0 spiro atoms. The Morgan fingerprint density at radius 1 is 1.29 bits per heavy atom. The predicted octanol–water partition coefficient (Wildman–Crippen LogP) is 4.34. The van der Waals surface area contributed by atoms with Crippen LogP contribution >= 0.6 is 11.3 Å². The molecule has 0 saturated heterocycles. The van der Waals surface area contributed by atoms with Gasteiger partial charge in [0.25, 0.3) is 0 Å². The Morgan fingerprint density at radius 2 is 2.10 bits per heavy atom. The average molecular weight is 295 g/mol. The minimum atomic E-state index is -0.287. The van der Waals surface area contributed by atoms with Crippen LogP contribution in [0.25, 0.3) is 22.9 Å². The van der Waals surface area contributed by atoms with E-state index in [1.54, 1.807) is 29.5 Å². The Kier molecular flexibility index (Phi) is 3.63. The second-order valence-electron chi connectivity index (χ2n) is 4.36. The second kappa shape index (κ2) is 5.73. The lowest BCUT2D eigenvalue weighted by molar-refractivity contribution is 0.628. The Balaban J connectivity index is 1.94. The number of aromatic amines is 1. The highest BCUT2D eigenvalue weighted by Gasteiger charge is 2.08. The van der Waals surface area contributed by atoms with E-state index in [2.05, 4.69) is 16.3 Å². The van der Waals surface area contributed by atoms with Gasteiger partial charge in [-0.25, -0.2) is 4.39 Å². The van der Waals surface area contributed by atoms with Crippen LogP contribution in [0.5, 0.6) is 0 Å². The number of thiophene rings is 1. The molecule has 0 bridgehead atoms.